The molecule has 0 bridgehead atoms. The van der Waals surface area contributed by atoms with Gasteiger partial charge in [0, 0.05) is 26.3 Å². The molecule has 2 aromatic rings. The van der Waals surface area contributed by atoms with E-state index in [1.807, 2.05) is 18.2 Å². The lowest BCUT2D eigenvalue weighted by Gasteiger charge is -2.11. The van der Waals surface area contributed by atoms with Crippen LogP contribution in [-0.2, 0) is 11.3 Å². The minimum Gasteiger partial charge on any atom is -0.493 e. The van der Waals surface area contributed by atoms with Crippen molar-refractivity contribution in [3.05, 3.63) is 41.3 Å². The topological polar surface area (TPSA) is 94.6 Å². The average Bonchev–Trinajstić information content (AvgIpc) is 2.65. The highest BCUT2D eigenvalue weighted by Crippen LogP contribution is 2.27. The number of hydrogen-bond donors (Lipinski definition) is 2. The second kappa shape index (κ2) is 9.57. The van der Waals surface area contributed by atoms with Crippen LogP contribution in [0.15, 0.2) is 24.3 Å². The number of methoxy groups -OCH3 is 3. The van der Waals surface area contributed by atoms with Crippen molar-refractivity contribution in [1.82, 2.24) is 15.3 Å². The maximum atomic E-state index is 12.1. The van der Waals surface area contributed by atoms with E-state index in [9.17, 15) is 4.79 Å². The van der Waals surface area contributed by atoms with Gasteiger partial charge in [0.15, 0.2) is 11.5 Å². The number of nitrogens with one attached hydrogen (secondary N) is 2. The zero-order chi connectivity index (χ0) is 18.9. The van der Waals surface area contributed by atoms with E-state index in [0.717, 1.165) is 5.56 Å². The number of ether oxygens (including phenoxy) is 3. The van der Waals surface area contributed by atoms with Crippen LogP contribution in [0.5, 0.6) is 11.5 Å². The van der Waals surface area contributed by atoms with Crippen LogP contribution < -0.4 is 20.1 Å². The lowest BCUT2D eigenvalue weighted by Crippen LogP contribution is -2.28. The Morgan fingerprint density at radius 2 is 1.85 bits per heavy atom. The second-order valence-corrected chi connectivity index (χ2v) is 5.48. The van der Waals surface area contributed by atoms with Gasteiger partial charge in [-0.3, -0.25) is 4.79 Å². The molecule has 0 aliphatic rings. The van der Waals surface area contributed by atoms with Crippen LogP contribution in [0, 0.1) is 6.92 Å². The highest BCUT2D eigenvalue weighted by Gasteiger charge is 2.10. The van der Waals surface area contributed by atoms with E-state index in [-0.39, 0.29) is 5.91 Å². The van der Waals surface area contributed by atoms with E-state index >= 15 is 0 Å². The van der Waals surface area contributed by atoms with Crippen LogP contribution in [0.4, 0.5) is 5.82 Å². The predicted octanol–water partition coefficient (Wildman–Crippen LogP) is 1.79. The number of amides is 1. The highest BCUT2D eigenvalue weighted by atomic mass is 16.5. The van der Waals surface area contributed by atoms with Gasteiger partial charge in [-0.1, -0.05) is 6.07 Å². The number of carbonyl (C=O) groups is 1. The van der Waals surface area contributed by atoms with Gasteiger partial charge in [-0.15, -0.1) is 0 Å². The number of carbonyl (C=O) groups excluding carboxylic acids is 1. The number of aromatic nitrogens is 2. The van der Waals surface area contributed by atoms with E-state index in [2.05, 4.69) is 20.6 Å². The van der Waals surface area contributed by atoms with E-state index in [0.29, 0.717) is 48.5 Å². The Balaban J connectivity index is 2.06. The van der Waals surface area contributed by atoms with Gasteiger partial charge in [0.2, 0.25) is 0 Å². The SMILES string of the molecule is COCCNC(=O)c1cc(NCc2ccc(OC)c(OC)c2)nc(C)n1. The van der Waals surface area contributed by atoms with Crippen LogP contribution >= 0.6 is 0 Å². The molecule has 0 aliphatic carbocycles. The molecule has 0 fully saturated rings. The van der Waals surface area contributed by atoms with E-state index in [4.69, 9.17) is 14.2 Å². The normalized spacial score (nSPS) is 10.3. The number of benzene rings is 1. The van der Waals surface area contributed by atoms with Gasteiger partial charge >= 0.3 is 0 Å². The molecular formula is C18H24N4O4. The summed E-state index contributed by atoms with van der Waals surface area (Å²) in [5.41, 5.74) is 1.30. The van der Waals surface area contributed by atoms with Crippen LogP contribution in [0.1, 0.15) is 21.9 Å². The molecule has 1 aromatic heterocycles. The van der Waals surface area contributed by atoms with Gasteiger partial charge in [-0.2, -0.15) is 0 Å². The Morgan fingerprint density at radius 1 is 1.08 bits per heavy atom. The van der Waals surface area contributed by atoms with Gasteiger partial charge in [-0.25, -0.2) is 9.97 Å². The molecule has 0 aliphatic heterocycles. The van der Waals surface area contributed by atoms with Crippen molar-refractivity contribution in [2.24, 2.45) is 0 Å². The Kier molecular flexibility index (Phi) is 7.16. The summed E-state index contributed by atoms with van der Waals surface area (Å²) in [5, 5.41) is 5.94. The summed E-state index contributed by atoms with van der Waals surface area (Å²) >= 11 is 0. The van der Waals surface area contributed by atoms with Crippen molar-refractivity contribution >= 4 is 11.7 Å². The predicted molar refractivity (Wildman–Crippen MR) is 97.9 cm³/mol. The zero-order valence-electron chi connectivity index (χ0n) is 15.5. The smallest absolute Gasteiger partial charge is 0.270 e. The molecule has 0 radical (unpaired) electrons. The first-order valence-corrected chi connectivity index (χ1v) is 8.15. The maximum Gasteiger partial charge on any atom is 0.270 e. The zero-order valence-corrected chi connectivity index (χ0v) is 15.5. The summed E-state index contributed by atoms with van der Waals surface area (Å²) in [7, 11) is 4.77. The largest absolute Gasteiger partial charge is 0.493 e. The minimum absolute atomic E-state index is 0.262. The van der Waals surface area contributed by atoms with Gasteiger partial charge in [0.1, 0.15) is 17.3 Å². The highest BCUT2D eigenvalue weighted by molar-refractivity contribution is 5.92. The average molecular weight is 360 g/mol. The van der Waals surface area contributed by atoms with Gasteiger partial charge in [0.05, 0.1) is 20.8 Å². The van der Waals surface area contributed by atoms with Crippen molar-refractivity contribution < 1.29 is 19.0 Å². The number of nitrogens with zero attached hydrogens (tertiary/aromatic N) is 2. The van der Waals surface area contributed by atoms with Gasteiger partial charge in [0.25, 0.3) is 5.91 Å². The fourth-order valence-electron chi connectivity index (χ4n) is 2.31. The number of hydrogen-bond acceptors (Lipinski definition) is 7. The Bertz CT molecular complexity index is 752. The van der Waals surface area contributed by atoms with Crippen LogP contribution in [0.25, 0.3) is 0 Å². The maximum absolute atomic E-state index is 12.1. The minimum atomic E-state index is -0.262. The first-order chi connectivity index (χ1) is 12.6. The quantitative estimate of drug-likeness (QED) is 0.658. The van der Waals surface area contributed by atoms with Crippen molar-refractivity contribution in [1.29, 1.82) is 0 Å². The fraction of sp³-hybridized carbons (Fsp3) is 0.389. The summed E-state index contributed by atoms with van der Waals surface area (Å²) in [6.07, 6.45) is 0. The standard InChI is InChI=1S/C18H24N4O4/c1-12-21-14(18(23)19-7-8-24-2)10-17(22-12)20-11-13-5-6-15(25-3)16(9-13)26-4/h5-6,9-10H,7-8,11H2,1-4H3,(H,19,23)(H,20,21,22). The monoisotopic (exact) mass is 360 g/mol. The molecule has 2 N–H and O–H groups in total. The third-order valence-electron chi connectivity index (χ3n) is 3.58. The molecular weight excluding hydrogens is 336 g/mol. The summed E-state index contributed by atoms with van der Waals surface area (Å²) in [5.74, 6) is 2.15. The first-order valence-electron chi connectivity index (χ1n) is 8.15. The first kappa shape index (κ1) is 19.5. The van der Waals surface area contributed by atoms with Gasteiger partial charge in [-0.05, 0) is 24.6 Å². The summed E-state index contributed by atoms with van der Waals surface area (Å²) in [6.45, 7) is 3.13. The molecule has 140 valence electrons. The molecule has 1 amide bonds. The van der Waals surface area contributed by atoms with E-state index in [1.54, 1.807) is 34.3 Å². The molecule has 0 atom stereocenters. The van der Waals surface area contributed by atoms with Crippen LogP contribution in [0.3, 0.4) is 0 Å². The Morgan fingerprint density at radius 3 is 2.54 bits per heavy atom. The molecule has 1 aromatic carbocycles. The Hall–Kier alpha value is -2.87. The third-order valence-corrected chi connectivity index (χ3v) is 3.58. The molecule has 0 unspecified atom stereocenters. The molecule has 8 nitrogen and oxygen atoms in total. The molecule has 1 heterocycles. The van der Waals surface area contributed by atoms with Crippen molar-refractivity contribution in [3.8, 4) is 11.5 Å². The number of aryl methyl sites for hydroxylation is 1. The second-order valence-electron chi connectivity index (χ2n) is 5.48. The summed E-state index contributed by atoms with van der Waals surface area (Å²) < 4.78 is 15.5. The van der Waals surface area contributed by atoms with E-state index in [1.165, 1.54) is 0 Å². The molecule has 26 heavy (non-hydrogen) atoms. The van der Waals surface area contributed by atoms with Crippen LogP contribution in [-0.4, -0.2) is 50.4 Å². The molecule has 2 rings (SSSR count). The van der Waals surface area contributed by atoms with Crippen molar-refractivity contribution in [2.45, 2.75) is 13.5 Å². The lowest BCUT2D eigenvalue weighted by atomic mass is 10.2. The van der Waals surface area contributed by atoms with E-state index < -0.39 is 0 Å². The Labute approximate surface area is 152 Å². The van der Waals surface area contributed by atoms with Gasteiger partial charge < -0.3 is 24.8 Å². The summed E-state index contributed by atoms with van der Waals surface area (Å²) in [6, 6.07) is 7.28. The lowest BCUT2D eigenvalue weighted by molar-refractivity contribution is 0.0931. The number of anilines is 1. The van der Waals surface area contributed by atoms with Crippen molar-refractivity contribution in [2.75, 3.05) is 39.8 Å². The van der Waals surface area contributed by atoms with Crippen LogP contribution in [0.2, 0.25) is 0 Å². The summed E-state index contributed by atoms with van der Waals surface area (Å²) in [4.78, 5) is 20.6. The molecule has 0 saturated heterocycles. The fourth-order valence-corrected chi connectivity index (χ4v) is 2.31. The third kappa shape index (κ3) is 5.32. The van der Waals surface area contributed by atoms with Crippen molar-refractivity contribution in [3.63, 3.8) is 0 Å². The molecule has 0 spiro atoms. The molecule has 8 heteroatoms. The molecule has 0 saturated carbocycles. The number of rotatable bonds is 9.